The molecule has 5 rings (SSSR count). The van der Waals surface area contributed by atoms with Gasteiger partial charge in [-0.25, -0.2) is 14.6 Å². The van der Waals surface area contributed by atoms with E-state index in [2.05, 4.69) is 25.4 Å². The number of hydrogen-bond donors (Lipinski definition) is 2. The predicted molar refractivity (Wildman–Crippen MR) is 104 cm³/mol. The van der Waals surface area contributed by atoms with E-state index in [0.29, 0.717) is 12.0 Å². The van der Waals surface area contributed by atoms with Crippen molar-refractivity contribution >= 4 is 16.9 Å². The summed E-state index contributed by atoms with van der Waals surface area (Å²) in [6.07, 6.45) is 7.92. The van der Waals surface area contributed by atoms with Crippen LogP contribution < -0.4 is 10.9 Å². The van der Waals surface area contributed by atoms with Crippen molar-refractivity contribution in [3.8, 4) is 0 Å². The van der Waals surface area contributed by atoms with Crippen LogP contribution in [0.15, 0.2) is 29.3 Å². The van der Waals surface area contributed by atoms with Gasteiger partial charge in [0.1, 0.15) is 11.8 Å². The van der Waals surface area contributed by atoms with Gasteiger partial charge in [-0.1, -0.05) is 0 Å². The van der Waals surface area contributed by atoms with E-state index in [9.17, 15) is 4.79 Å². The zero-order valence-electron chi connectivity index (χ0n) is 15.5. The summed E-state index contributed by atoms with van der Waals surface area (Å²) in [6.45, 7) is 2.02. The second-order valence-electron chi connectivity index (χ2n) is 7.90. The summed E-state index contributed by atoms with van der Waals surface area (Å²) in [5.74, 6) is 1.43. The Hall–Kier alpha value is -2.70. The van der Waals surface area contributed by atoms with Gasteiger partial charge in [-0.3, -0.25) is 4.79 Å². The van der Waals surface area contributed by atoms with E-state index in [0.717, 1.165) is 53.9 Å². The molecule has 3 aromatic rings. The molecule has 2 aliphatic rings. The Morgan fingerprint density at radius 2 is 1.93 bits per heavy atom. The van der Waals surface area contributed by atoms with Crippen molar-refractivity contribution < 1.29 is 0 Å². The van der Waals surface area contributed by atoms with Crippen molar-refractivity contribution in [2.24, 2.45) is 0 Å². The first-order valence-corrected chi connectivity index (χ1v) is 9.84. The van der Waals surface area contributed by atoms with E-state index in [1.165, 1.54) is 12.8 Å². The summed E-state index contributed by atoms with van der Waals surface area (Å²) >= 11 is 0. The van der Waals surface area contributed by atoms with Gasteiger partial charge >= 0.3 is 0 Å². The number of aromatic nitrogens is 5. The molecule has 7 heteroatoms. The summed E-state index contributed by atoms with van der Waals surface area (Å²) in [6, 6.07) is 6.18. The lowest BCUT2D eigenvalue weighted by Crippen LogP contribution is -2.33. The maximum Gasteiger partial charge on any atom is 0.267 e. The Morgan fingerprint density at radius 1 is 1.11 bits per heavy atom. The average molecular weight is 364 g/mol. The zero-order valence-corrected chi connectivity index (χ0v) is 15.5. The Kier molecular flexibility index (Phi) is 3.95. The lowest BCUT2D eigenvalue weighted by atomic mass is 9.91. The molecule has 0 aliphatic heterocycles. The number of fused-ring (bicyclic) bond motifs is 1. The molecule has 0 amide bonds. The lowest BCUT2D eigenvalue weighted by molar-refractivity contribution is 0.301. The van der Waals surface area contributed by atoms with Gasteiger partial charge in [-0.05, 0) is 57.6 Å². The average Bonchev–Trinajstić information content (AvgIpc) is 3.44. The number of hydrogen-bond acceptors (Lipinski definition) is 5. The smallest absolute Gasteiger partial charge is 0.267 e. The van der Waals surface area contributed by atoms with Gasteiger partial charge in [0.2, 0.25) is 0 Å². The highest BCUT2D eigenvalue weighted by molar-refractivity contribution is 5.86. The number of nitrogens with one attached hydrogen (secondary N) is 2. The maximum absolute atomic E-state index is 12.3. The number of aromatic amines is 1. The maximum atomic E-state index is 12.3. The molecule has 2 saturated carbocycles. The van der Waals surface area contributed by atoms with Crippen LogP contribution >= 0.6 is 0 Å². The van der Waals surface area contributed by atoms with Crippen molar-refractivity contribution in [1.82, 2.24) is 24.7 Å². The molecule has 0 radical (unpaired) electrons. The van der Waals surface area contributed by atoms with Crippen molar-refractivity contribution in [2.45, 2.75) is 63.5 Å². The fourth-order valence-electron chi connectivity index (χ4n) is 4.14. The first-order chi connectivity index (χ1) is 13.2. The third kappa shape index (κ3) is 3.22. The highest BCUT2D eigenvalue weighted by Crippen LogP contribution is 2.39. The van der Waals surface area contributed by atoms with Gasteiger partial charge in [0, 0.05) is 23.7 Å². The molecule has 0 atom stereocenters. The Bertz CT molecular complexity index is 1030. The molecule has 140 valence electrons. The quantitative estimate of drug-likeness (QED) is 0.741. The Labute approximate surface area is 157 Å². The van der Waals surface area contributed by atoms with Crippen LogP contribution in [0, 0.1) is 6.92 Å². The highest BCUT2D eigenvalue weighted by atomic mass is 16.1. The Morgan fingerprint density at radius 3 is 2.70 bits per heavy atom. The second-order valence-corrected chi connectivity index (χ2v) is 7.90. The van der Waals surface area contributed by atoms with E-state index in [4.69, 9.17) is 0 Å². The summed E-state index contributed by atoms with van der Waals surface area (Å²) in [5, 5.41) is 8.24. The summed E-state index contributed by atoms with van der Waals surface area (Å²) < 4.78 is 1.74. The third-order valence-corrected chi connectivity index (χ3v) is 5.78. The molecule has 0 spiro atoms. The topological polar surface area (TPSA) is 88.5 Å². The SMILES string of the molecule is Cc1cc2ncnc(NC3CCC(n4nc(C5CC5)ccc4=O)CC3)c2[nH]1. The van der Waals surface area contributed by atoms with E-state index < -0.39 is 0 Å². The highest BCUT2D eigenvalue weighted by Gasteiger charge is 2.28. The standard InChI is InChI=1S/C20H24N6O/c1-12-10-17-19(23-12)20(22-11-21-17)24-14-4-6-15(7-5-14)26-18(27)9-8-16(25-26)13-2-3-13/h8-11,13-15,23H,2-7H2,1H3,(H,21,22,24). The van der Waals surface area contributed by atoms with Gasteiger partial charge in [-0.15, -0.1) is 0 Å². The van der Waals surface area contributed by atoms with Crippen LogP contribution in [0.5, 0.6) is 0 Å². The second kappa shape index (κ2) is 6.48. The van der Waals surface area contributed by atoms with Crippen LogP contribution in [0.2, 0.25) is 0 Å². The van der Waals surface area contributed by atoms with Gasteiger partial charge in [0.25, 0.3) is 5.56 Å². The van der Waals surface area contributed by atoms with Gasteiger partial charge in [-0.2, -0.15) is 5.10 Å². The fraction of sp³-hybridized carbons (Fsp3) is 0.500. The molecule has 27 heavy (non-hydrogen) atoms. The van der Waals surface area contributed by atoms with Crippen LogP contribution in [-0.2, 0) is 0 Å². The van der Waals surface area contributed by atoms with Crippen LogP contribution in [0.25, 0.3) is 11.0 Å². The van der Waals surface area contributed by atoms with Gasteiger partial charge in [0.15, 0.2) is 5.82 Å². The lowest BCUT2D eigenvalue weighted by Gasteiger charge is -2.30. The summed E-state index contributed by atoms with van der Waals surface area (Å²) in [7, 11) is 0. The van der Waals surface area contributed by atoms with E-state index >= 15 is 0 Å². The number of aryl methyl sites for hydroxylation is 1. The summed E-state index contributed by atoms with van der Waals surface area (Å²) in [4.78, 5) is 24.4. The minimum atomic E-state index is 0.0233. The van der Waals surface area contributed by atoms with Gasteiger partial charge < -0.3 is 10.3 Å². The molecular formula is C20H24N6O. The minimum Gasteiger partial charge on any atom is -0.365 e. The Balaban J connectivity index is 1.29. The van der Waals surface area contributed by atoms with Gasteiger partial charge in [0.05, 0.1) is 17.3 Å². The molecule has 0 unspecified atom stereocenters. The molecule has 0 saturated heterocycles. The van der Waals surface area contributed by atoms with E-state index in [-0.39, 0.29) is 11.6 Å². The minimum absolute atomic E-state index is 0.0233. The molecule has 2 N–H and O–H groups in total. The van der Waals surface area contributed by atoms with E-state index in [1.807, 2.05) is 19.1 Å². The van der Waals surface area contributed by atoms with Crippen LogP contribution in [0.3, 0.4) is 0 Å². The molecule has 2 aliphatic carbocycles. The van der Waals surface area contributed by atoms with Crippen molar-refractivity contribution in [3.05, 3.63) is 46.3 Å². The van der Waals surface area contributed by atoms with Crippen molar-refractivity contribution in [3.63, 3.8) is 0 Å². The molecule has 3 heterocycles. The van der Waals surface area contributed by atoms with E-state index in [1.54, 1.807) is 17.1 Å². The molecule has 7 nitrogen and oxygen atoms in total. The monoisotopic (exact) mass is 364 g/mol. The number of rotatable bonds is 4. The van der Waals surface area contributed by atoms with Crippen LogP contribution in [0.1, 0.15) is 61.9 Å². The molecular weight excluding hydrogens is 340 g/mol. The van der Waals surface area contributed by atoms with Crippen LogP contribution in [0.4, 0.5) is 5.82 Å². The molecule has 0 aromatic carbocycles. The molecule has 0 bridgehead atoms. The largest absolute Gasteiger partial charge is 0.365 e. The predicted octanol–water partition coefficient (Wildman–Crippen LogP) is 3.30. The van der Waals surface area contributed by atoms with Crippen molar-refractivity contribution in [2.75, 3.05) is 5.32 Å². The van der Waals surface area contributed by atoms with Crippen LogP contribution in [-0.4, -0.2) is 30.8 Å². The first kappa shape index (κ1) is 16.5. The third-order valence-electron chi connectivity index (χ3n) is 5.78. The van der Waals surface area contributed by atoms with Crippen molar-refractivity contribution in [1.29, 1.82) is 0 Å². The summed E-state index contributed by atoms with van der Waals surface area (Å²) in [5.41, 5.74) is 4.09. The number of nitrogens with zero attached hydrogens (tertiary/aromatic N) is 4. The molecule has 3 aromatic heterocycles. The number of anilines is 1. The first-order valence-electron chi connectivity index (χ1n) is 9.84. The zero-order chi connectivity index (χ0) is 18.4. The fourth-order valence-corrected chi connectivity index (χ4v) is 4.14. The molecule has 2 fully saturated rings. The number of H-pyrrole nitrogens is 1. The normalized spacial score (nSPS) is 22.9.